The van der Waals surface area contributed by atoms with Crippen molar-refractivity contribution in [2.45, 2.75) is 45.8 Å². The summed E-state index contributed by atoms with van der Waals surface area (Å²) < 4.78 is 22.9. The Kier molecular flexibility index (Phi) is 4.97. The van der Waals surface area contributed by atoms with Gasteiger partial charge in [0.05, 0.1) is 13.2 Å². The Balaban J connectivity index is 2.79. The highest BCUT2D eigenvalue weighted by molar-refractivity contribution is 7.54. The van der Waals surface area contributed by atoms with Gasteiger partial charge in [0.25, 0.3) is 0 Å². The van der Waals surface area contributed by atoms with Gasteiger partial charge in [-0.15, -0.1) is 0 Å². The molecule has 0 aromatic carbocycles. The van der Waals surface area contributed by atoms with Crippen molar-refractivity contribution in [2.75, 3.05) is 13.2 Å². The Labute approximate surface area is 91.6 Å². The summed E-state index contributed by atoms with van der Waals surface area (Å²) in [6.07, 6.45) is 2.81. The first-order valence-electron chi connectivity index (χ1n) is 5.54. The van der Waals surface area contributed by atoms with E-state index in [0.29, 0.717) is 13.2 Å². The van der Waals surface area contributed by atoms with Crippen molar-refractivity contribution in [3.8, 4) is 0 Å². The van der Waals surface area contributed by atoms with Crippen molar-refractivity contribution in [2.24, 2.45) is 4.99 Å². The second kappa shape index (κ2) is 5.78. The third-order valence-corrected chi connectivity index (χ3v) is 4.69. The Morgan fingerprint density at radius 3 is 2.47 bits per heavy atom. The van der Waals surface area contributed by atoms with Crippen LogP contribution in [-0.4, -0.2) is 24.7 Å². The van der Waals surface area contributed by atoms with Crippen LogP contribution in [0.3, 0.4) is 0 Å². The number of hydrogen-bond acceptors (Lipinski definition) is 4. The van der Waals surface area contributed by atoms with Gasteiger partial charge < -0.3 is 9.05 Å². The van der Waals surface area contributed by atoms with Crippen molar-refractivity contribution >= 4 is 13.3 Å². The molecule has 1 heterocycles. The Bertz CT molecular complexity index is 268. The van der Waals surface area contributed by atoms with Gasteiger partial charge in [-0.25, -0.2) is 0 Å². The first-order chi connectivity index (χ1) is 7.12. The van der Waals surface area contributed by atoms with Gasteiger partial charge in [0.2, 0.25) is 0 Å². The summed E-state index contributed by atoms with van der Waals surface area (Å²) in [4.78, 5) is 4.40. The van der Waals surface area contributed by atoms with Gasteiger partial charge in [0.1, 0.15) is 0 Å². The van der Waals surface area contributed by atoms with Crippen LogP contribution in [0.4, 0.5) is 0 Å². The molecule has 1 rings (SSSR count). The standard InChI is InChI=1S/C10H20NO3P/c1-4-13-15(12,14-5-2)10-8-6-7-9(3)11-10/h10H,4-8H2,1-3H3. The van der Waals surface area contributed by atoms with Crippen LogP contribution in [0.1, 0.15) is 40.0 Å². The monoisotopic (exact) mass is 233 g/mol. The van der Waals surface area contributed by atoms with Gasteiger partial charge in [-0.05, 0) is 40.0 Å². The second-order valence-corrected chi connectivity index (χ2v) is 5.80. The van der Waals surface area contributed by atoms with Crippen LogP contribution in [0.2, 0.25) is 0 Å². The lowest BCUT2D eigenvalue weighted by molar-refractivity contribution is 0.210. The van der Waals surface area contributed by atoms with Gasteiger partial charge in [0, 0.05) is 5.71 Å². The third-order valence-electron chi connectivity index (χ3n) is 2.35. The summed E-state index contributed by atoms with van der Waals surface area (Å²) >= 11 is 0. The quantitative estimate of drug-likeness (QED) is 0.685. The van der Waals surface area contributed by atoms with E-state index in [-0.39, 0.29) is 5.78 Å². The highest BCUT2D eigenvalue weighted by Crippen LogP contribution is 2.55. The Morgan fingerprint density at radius 2 is 2.00 bits per heavy atom. The van der Waals surface area contributed by atoms with E-state index >= 15 is 0 Å². The molecule has 0 N–H and O–H groups in total. The highest BCUT2D eigenvalue weighted by Gasteiger charge is 2.36. The van der Waals surface area contributed by atoms with Crippen LogP contribution in [0.5, 0.6) is 0 Å². The van der Waals surface area contributed by atoms with Gasteiger partial charge in [-0.3, -0.25) is 9.56 Å². The Hall–Kier alpha value is -0.180. The molecule has 1 aliphatic rings. The molecule has 0 saturated heterocycles. The average Bonchev–Trinajstić information content (AvgIpc) is 2.18. The van der Waals surface area contributed by atoms with Crippen LogP contribution in [-0.2, 0) is 13.6 Å². The molecule has 0 radical (unpaired) electrons. The molecule has 0 aromatic rings. The zero-order chi connectivity index (χ0) is 11.3. The molecule has 5 heteroatoms. The first kappa shape index (κ1) is 12.9. The zero-order valence-electron chi connectivity index (χ0n) is 9.73. The molecule has 0 aromatic heterocycles. The first-order valence-corrected chi connectivity index (χ1v) is 7.15. The van der Waals surface area contributed by atoms with Crippen LogP contribution >= 0.6 is 7.60 Å². The van der Waals surface area contributed by atoms with Gasteiger partial charge in [0.15, 0.2) is 5.78 Å². The predicted octanol–water partition coefficient (Wildman–Crippen LogP) is 3.22. The van der Waals surface area contributed by atoms with Crippen LogP contribution in [0.15, 0.2) is 4.99 Å². The Morgan fingerprint density at radius 1 is 1.40 bits per heavy atom. The van der Waals surface area contributed by atoms with Crippen LogP contribution < -0.4 is 0 Å². The smallest absolute Gasteiger partial charge is 0.307 e. The lowest BCUT2D eigenvalue weighted by atomic mass is 10.1. The fourth-order valence-electron chi connectivity index (χ4n) is 1.72. The maximum Gasteiger partial charge on any atom is 0.354 e. The molecule has 4 nitrogen and oxygen atoms in total. The molecule has 0 fully saturated rings. The summed E-state index contributed by atoms with van der Waals surface area (Å²) in [5, 5.41) is 0. The number of aliphatic imine (C=N–C) groups is 1. The molecular formula is C10H20NO3P. The van der Waals surface area contributed by atoms with Gasteiger partial charge >= 0.3 is 7.60 Å². The van der Waals surface area contributed by atoms with Crippen molar-refractivity contribution in [1.29, 1.82) is 0 Å². The van der Waals surface area contributed by atoms with Crippen LogP contribution in [0.25, 0.3) is 0 Å². The van der Waals surface area contributed by atoms with E-state index in [1.807, 2.05) is 20.8 Å². The molecule has 0 saturated carbocycles. The maximum atomic E-state index is 12.4. The second-order valence-electron chi connectivity index (χ2n) is 3.61. The topological polar surface area (TPSA) is 47.9 Å². The summed E-state index contributed by atoms with van der Waals surface area (Å²) in [7, 11) is -3.02. The molecule has 0 bridgehead atoms. The average molecular weight is 233 g/mol. The number of nitrogens with zero attached hydrogens (tertiary/aromatic N) is 1. The molecular weight excluding hydrogens is 213 g/mol. The molecule has 0 spiro atoms. The summed E-state index contributed by atoms with van der Waals surface area (Å²) in [6, 6.07) is 0. The summed E-state index contributed by atoms with van der Waals surface area (Å²) in [6.45, 7) is 6.43. The predicted molar refractivity (Wildman–Crippen MR) is 61.6 cm³/mol. The SMILES string of the molecule is CCOP(=O)(OCC)C1CCCC(C)=N1. The fraction of sp³-hybridized carbons (Fsp3) is 0.900. The van der Waals surface area contributed by atoms with E-state index in [1.54, 1.807) is 0 Å². The largest absolute Gasteiger partial charge is 0.354 e. The van der Waals surface area contributed by atoms with Crippen molar-refractivity contribution in [1.82, 2.24) is 0 Å². The molecule has 88 valence electrons. The van der Waals surface area contributed by atoms with E-state index in [4.69, 9.17) is 9.05 Å². The lowest BCUT2D eigenvalue weighted by Gasteiger charge is -2.26. The third kappa shape index (κ3) is 3.40. The molecule has 15 heavy (non-hydrogen) atoms. The molecule has 0 aliphatic carbocycles. The van der Waals surface area contributed by atoms with E-state index in [1.165, 1.54) is 0 Å². The lowest BCUT2D eigenvalue weighted by Crippen LogP contribution is -2.17. The summed E-state index contributed by atoms with van der Waals surface area (Å²) in [5.74, 6) is -0.286. The molecule has 1 atom stereocenters. The molecule has 1 unspecified atom stereocenters. The zero-order valence-corrected chi connectivity index (χ0v) is 10.6. The minimum Gasteiger partial charge on any atom is -0.307 e. The summed E-state index contributed by atoms with van der Waals surface area (Å²) in [5.41, 5.74) is 1.05. The van der Waals surface area contributed by atoms with E-state index < -0.39 is 7.60 Å². The van der Waals surface area contributed by atoms with Crippen LogP contribution in [0, 0.1) is 0 Å². The van der Waals surface area contributed by atoms with E-state index in [0.717, 1.165) is 25.0 Å². The van der Waals surface area contributed by atoms with Gasteiger partial charge in [-0.1, -0.05) is 0 Å². The minimum atomic E-state index is -3.02. The van der Waals surface area contributed by atoms with Crippen molar-refractivity contribution in [3.05, 3.63) is 0 Å². The van der Waals surface area contributed by atoms with Gasteiger partial charge in [-0.2, -0.15) is 0 Å². The van der Waals surface area contributed by atoms with Crippen molar-refractivity contribution < 1.29 is 13.6 Å². The normalized spacial score (nSPS) is 22.6. The minimum absolute atomic E-state index is 0.286. The highest BCUT2D eigenvalue weighted by atomic mass is 31.2. The maximum absolute atomic E-state index is 12.4. The molecule has 1 aliphatic heterocycles. The van der Waals surface area contributed by atoms with Crippen molar-refractivity contribution in [3.63, 3.8) is 0 Å². The molecule has 0 amide bonds. The number of hydrogen-bond donors (Lipinski definition) is 0. The number of rotatable bonds is 5. The van der Waals surface area contributed by atoms with E-state index in [9.17, 15) is 4.57 Å². The fourth-order valence-corrected chi connectivity index (χ4v) is 3.70. The van der Waals surface area contributed by atoms with E-state index in [2.05, 4.69) is 4.99 Å².